The van der Waals surface area contributed by atoms with Crippen molar-refractivity contribution in [2.45, 2.75) is 6.92 Å². The third-order valence-corrected chi connectivity index (χ3v) is 3.97. The maximum absolute atomic E-state index is 12.5. The second kappa shape index (κ2) is 8.83. The van der Waals surface area contributed by atoms with E-state index in [0.717, 1.165) is 5.69 Å². The molecule has 8 heteroatoms. The second-order valence-corrected chi connectivity index (χ2v) is 6.55. The summed E-state index contributed by atoms with van der Waals surface area (Å²) >= 11 is 0. The highest BCUT2D eigenvalue weighted by Gasteiger charge is 2.10. The normalized spacial score (nSPS) is 10.2. The molecule has 0 aliphatic heterocycles. The Labute approximate surface area is 169 Å². The Balaban J connectivity index is 1.70. The average Bonchev–Trinajstić information content (AvgIpc) is 2.68. The highest BCUT2D eigenvalue weighted by atomic mass is 16.2. The summed E-state index contributed by atoms with van der Waals surface area (Å²) in [4.78, 5) is 34.1. The van der Waals surface area contributed by atoms with Gasteiger partial charge in [-0.2, -0.15) is 0 Å². The molecule has 29 heavy (non-hydrogen) atoms. The monoisotopic (exact) mass is 390 g/mol. The Morgan fingerprint density at radius 3 is 2.31 bits per heavy atom. The number of nitrogens with one attached hydrogen (secondary N) is 3. The second-order valence-electron chi connectivity index (χ2n) is 6.55. The fraction of sp³-hybridized carbons (Fsp3) is 0.143. The molecule has 0 fully saturated rings. The summed E-state index contributed by atoms with van der Waals surface area (Å²) < 4.78 is 0. The molecule has 8 nitrogen and oxygen atoms in total. The molecule has 3 rings (SSSR count). The van der Waals surface area contributed by atoms with Crippen LogP contribution in [-0.2, 0) is 4.79 Å². The van der Waals surface area contributed by atoms with Gasteiger partial charge in [-0.05, 0) is 48.5 Å². The molecule has 0 atom stereocenters. The SMILES string of the molecule is CC(=O)Nc1cccc(Nc2nccc(C(=O)Nc3ccc(N(C)C)cc3)n2)c1. The van der Waals surface area contributed by atoms with Crippen LogP contribution in [-0.4, -0.2) is 35.9 Å². The molecule has 148 valence electrons. The maximum atomic E-state index is 12.5. The predicted molar refractivity (Wildman–Crippen MR) is 115 cm³/mol. The molecule has 1 heterocycles. The standard InChI is InChI=1S/C21H22N6O2/c1-14(28)23-16-5-4-6-17(13-16)25-21-22-12-11-19(26-21)20(29)24-15-7-9-18(10-8-15)27(2)3/h4-13H,1-3H3,(H,23,28)(H,24,29)(H,22,25,26). The number of carbonyl (C=O) groups is 2. The van der Waals surface area contributed by atoms with Crippen LogP contribution in [0.25, 0.3) is 0 Å². The van der Waals surface area contributed by atoms with Crippen LogP contribution in [0.4, 0.5) is 28.7 Å². The van der Waals surface area contributed by atoms with E-state index < -0.39 is 0 Å². The number of amides is 2. The van der Waals surface area contributed by atoms with E-state index in [-0.39, 0.29) is 23.5 Å². The van der Waals surface area contributed by atoms with Crippen molar-refractivity contribution >= 4 is 40.5 Å². The summed E-state index contributed by atoms with van der Waals surface area (Å²) in [5.74, 6) is -0.212. The van der Waals surface area contributed by atoms with Gasteiger partial charge in [0.2, 0.25) is 11.9 Å². The predicted octanol–water partition coefficient (Wildman–Crippen LogP) is 3.50. The fourth-order valence-corrected chi connectivity index (χ4v) is 2.59. The smallest absolute Gasteiger partial charge is 0.274 e. The number of carbonyl (C=O) groups excluding carboxylic acids is 2. The number of hydrogen-bond acceptors (Lipinski definition) is 6. The third kappa shape index (κ3) is 5.52. The maximum Gasteiger partial charge on any atom is 0.274 e. The van der Waals surface area contributed by atoms with Gasteiger partial charge in [-0.3, -0.25) is 9.59 Å². The number of benzene rings is 2. The van der Waals surface area contributed by atoms with Crippen LogP contribution in [0.5, 0.6) is 0 Å². The molecule has 0 spiro atoms. The Morgan fingerprint density at radius 2 is 1.62 bits per heavy atom. The zero-order chi connectivity index (χ0) is 20.8. The fourth-order valence-electron chi connectivity index (χ4n) is 2.59. The van der Waals surface area contributed by atoms with Crippen LogP contribution >= 0.6 is 0 Å². The van der Waals surface area contributed by atoms with Gasteiger partial charge in [-0.1, -0.05) is 6.07 Å². The molecule has 0 aliphatic carbocycles. The lowest BCUT2D eigenvalue weighted by Crippen LogP contribution is -2.15. The minimum atomic E-state index is -0.333. The molecule has 0 saturated carbocycles. The van der Waals surface area contributed by atoms with Gasteiger partial charge in [0.05, 0.1) is 0 Å². The first-order chi connectivity index (χ1) is 13.9. The van der Waals surface area contributed by atoms with Crippen molar-refractivity contribution in [1.82, 2.24) is 9.97 Å². The zero-order valence-electron chi connectivity index (χ0n) is 16.4. The van der Waals surface area contributed by atoms with Crippen molar-refractivity contribution in [3.63, 3.8) is 0 Å². The quantitative estimate of drug-likeness (QED) is 0.596. The lowest BCUT2D eigenvalue weighted by Gasteiger charge is -2.13. The van der Waals surface area contributed by atoms with Gasteiger partial charge in [-0.25, -0.2) is 9.97 Å². The van der Waals surface area contributed by atoms with Gasteiger partial charge in [-0.15, -0.1) is 0 Å². The average molecular weight is 390 g/mol. The Morgan fingerprint density at radius 1 is 0.897 bits per heavy atom. The summed E-state index contributed by atoms with van der Waals surface area (Å²) in [7, 11) is 3.91. The summed E-state index contributed by atoms with van der Waals surface area (Å²) in [6, 6.07) is 16.2. The summed E-state index contributed by atoms with van der Waals surface area (Å²) in [5.41, 5.74) is 3.29. The van der Waals surface area contributed by atoms with E-state index in [1.165, 1.54) is 13.1 Å². The zero-order valence-corrected chi connectivity index (χ0v) is 16.4. The highest BCUT2D eigenvalue weighted by Crippen LogP contribution is 2.19. The Kier molecular flexibility index (Phi) is 6.03. The minimum Gasteiger partial charge on any atom is -0.378 e. The topological polar surface area (TPSA) is 99.2 Å². The summed E-state index contributed by atoms with van der Waals surface area (Å²) in [6.45, 7) is 1.44. The lowest BCUT2D eigenvalue weighted by molar-refractivity contribution is -0.114. The van der Waals surface area contributed by atoms with E-state index in [9.17, 15) is 9.59 Å². The molecule has 0 aliphatic rings. The molecule has 0 radical (unpaired) electrons. The molecule has 1 aromatic heterocycles. The first-order valence-electron chi connectivity index (χ1n) is 8.97. The summed E-state index contributed by atoms with van der Waals surface area (Å²) in [5, 5.41) is 8.57. The van der Waals surface area contributed by atoms with Gasteiger partial charge in [0, 0.05) is 50.0 Å². The largest absolute Gasteiger partial charge is 0.378 e. The van der Waals surface area contributed by atoms with Crippen LogP contribution in [0.3, 0.4) is 0 Å². The van der Waals surface area contributed by atoms with Gasteiger partial charge in [0.15, 0.2) is 0 Å². The molecular formula is C21H22N6O2. The van der Waals surface area contributed by atoms with Crippen molar-refractivity contribution in [1.29, 1.82) is 0 Å². The van der Waals surface area contributed by atoms with E-state index in [1.54, 1.807) is 24.3 Å². The number of anilines is 5. The number of nitrogens with zero attached hydrogens (tertiary/aromatic N) is 3. The number of rotatable bonds is 6. The van der Waals surface area contributed by atoms with Crippen molar-refractivity contribution in [3.8, 4) is 0 Å². The number of aromatic nitrogens is 2. The molecule has 0 bridgehead atoms. The Bertz CT molecular complexity index is 1020. The van der Waals surface area contributed by atoms with Gasteiger partial charge >= 0.3 is 0 Å². The summed E-state index contributed by atoms with van der Waals surface area (Å²) in [6.07, 6.45) is 1.51. The molecule has 2 aromatic carbocycles. The van der Waals surface area contributed by atoms with E-state index in [4.69, 9.17) is 0 Å². The first kappa shape index (κ1) is 19.8. The van der Waals surface area contributed by atoms with Crippen molar-refractivity contribution in [2.75, 3.05) is 34.9 Å². The third-order valence-electron chi connectivity index (χ3n) is 3.97. The first-order valence-corrected chi connectivity index (χ1v) is 8.97. The van der Waals surface area contributed by atoms with Crippen molar-refractivity contribution < 1.29 is 9.59 Å². The molecule has 3 aromatic rings. The Hall–Kier alpha value is -3.94. The van der Waals surface area contributed by atoms with Gasteiger partial charge in [0.1, 0.15) is 5.69 Å². The van der Waals surface area contributed by atoms with E-state index in [2.05, 4.69) is 25.9 Å². The van der Waals surface area contributed by atoms with Crippen LogP contribution in [0.1, 0.15) is 17.4 Å². The molecule has 0 unspecified atom stereocenters. The number of hydrogen-bond donors (Lipinski definition) is 3. The van der Waals surface area contributed by atoms with Crippen LogP contribution in [0.15, 0.2) is 60.8 Å². The molecular weight excluding hydrogens is 368 g/mol. The van der Waals surface area contributed by atoms with Crippen molar-refractivity contribution in [2.24, 2.45) is 0 Å². The van der Waals surface area contributed by atoms with Gasteiger partial charge in [0.25, 0.3) is 5.91 Å². The van der Waals surface area contributed by atoms with E-state index in [0.29, 0.717) is 17.1 Å². The van der Waals surface area contributed by atoms with Crippen LogP contribution < -0.4 is 20.9 Å². The van der Waals surface area contributed by atoms with E-state index in [1.807, 2.05) is 49.3 Å². The molecule has 0 saturated heterocycles. The minimum absolute atomic E-state index is 0.157. The lowest BCUT2D eigenvalue weighted by atomic mass is 10.2. The van der Waals surface area contributed by atoms with Crippen molar-refractivity contribution in [3.05, 3.63) is 66.5 Å². The molecule has 3 N–H and O–H groups in total. The van der Waals surface area contributed by atoms with Crippen LogP contribution in [0, 0.1) is 0 Å². The van der Waals surface area contributed by atoms with Crippen LogP contribution in [0.2, 0.25) is 0 Å². The van der Waals surface area contributed by atoms with Gasteiger partial charge < -0.3 is 20.9 Å². The highest BCUT2D eigenvalue weighted by molar-refractivity contribution is 6.03. The molecule has 2 amide bonds. The van der Waals surface area contributed by atoms with E-state index >= 15 is 0 Å².